The molecule has 1 amide bonds. The fourth-order valence-corrected chi connectivity index (χ4v) is 2.02. The van der Waals surface area contributed by atoms with Crippen molar-refractivity contribution in [2.45, 2.75) is 6.92 Å². The molecule has 8 heteroatoms. The van der Waals surface area contributed by atoms with Crippen molar-refractivity contribution in [2.75, 3.05) is 26.3 Å². The Labute approximate surface area is 103 Å². The molecule has 0 spiro atoms. The lowest BCUT2D eigenvalue weighted by Gasteiger charge is -2.26. The van der Waals surface area contributed by atoms with E-state index in [-0.39, 0.29) is 23.0 Å². The first-order valence-corrected chi connectivity index (χ1v) is 5.57. The minimum Gasteiger partial charge on any atom is -0.378 e. The van der Waals surface area contributed by atoms with Crippen LogP contribution in [0.4, 0.5) is 5.69 Å². The lowest BCUT2D eigenvalue weighted by Crippen LogP contribution is -2.41. The summed E-state index contributed by atoms with van der Waals surface area (Å²) in [6, 6.07) is 0. The van der Waals surface area contributed by atoms with Gasteiger partial charge in [-0.1, -0.05) is 0 Å². The van der Waals surface area contributed by atoms with Crippen LogP contribution < -0.4 is 0 Å². The third kappa shape index (κ3) is 2.06. The molecule has 1 aliphatic heterocycles. The van der Waals surface area contributed by atoms with Crippen molar-refractivity contribution in [3.05, 3.63) is 21.5 Å². The standard InChI is InChI=1S/C10H14N4O4/c1-7-8(14(16)17)9(12(2)11-7)10(15)13-3-5-18-6-4-13/h3-6H2,1-2H3. The van der Waals surface area contributed by atoms with Crippen LogP contribution in [0.5, 0.6) is 0 Å². The van der Waals surface area contributed by atoms with Gasteiger partial charge in [0.2, 0.25) is 5.69 Å². The zero-order chi connectivity index (χ0) is 13.3. The van der Waals surface area contributed by atoms with Gasteiger partial charge in [0.15, 0.2) is 0 Å². The third-order valence-electron chi connectivity index (χ3n) is 2.87. The van der Waals surface area contributed by atoms with Crippen LogP contribution in [-0.4, -0.2) is 51.8 Å². The molecule has 0 bridgehead atoms. The van der Waals surface area contributed by atoms with E-state index >= 15 is 0 Å². The Bertz CT molecular complexity index is 490. The number of carbonyl (C=O) groups excluding carboxylic acids is 1. The van der Waals surface area contributed by atoms with Crippen LogP contribution in [-0.2, 0) is 11.8 Å². The molecule has 2 rings (SSSR count). The van der Waals surface area contributed by atoms with E-state index in [0.717, 1.165) is 0 Å². The maximum absolute atomic E-state index is 12.3. The minimum absolute atomic E-state index is 0.0272. The number of nitrogens with zero attached hydrogens (tertiary/aromatic N) is 4. The highest BCUT2D eigenvalue weighted by molar-refractivity contribution is 5.97. The molecule has 1 saturated heterocycles. The van der Waals surface area contributed by atoms with Crippen molar-refractivity contribution in [1.29, 1.82) is 0 Å². The van der Waals surface area contributed by atoms with E-state index in [1.54, 1.807) is 4.90 Å². The number of aryl methyl sites for hydroxylation is 2. The zero-order valence-corrected chi connectivity index (χ0v) is 10.3. The number of hydrogen-bond acceptors (Lipinski definition) is 5. The molecule has 1 fully saturated rings. The highest BCUT2D eigenvalue weighted by Gasteiger charge is 2.32. The van der Waals surface area contributed by atoms with Gasteiger partial charge in [-0.2, -0.15) is 5.10 Å². The van der Waals surface area contributed by atoms with E-state index in [2.05, 4.69) is 5.10 Å². The van der Waals surface area contributed by atoms with Crippen LogP contribution in [0.3, 0.4) is 0 Å². The summed E-state index contributed by atoms with van der Waals surface area (Å²) in [6.07, 6.45) is 0. The van der Waals surface area contributed by atoms with E-state index < -0.39 is 4.92 Å². The fraction of sp³-hybridized carbons (Fsp3) is 0.600. The summed E-state index contributed by atoms with van der Waals surface area (Å²) < 4.78 is 6.42. The number of amides is 1. The van der Waals surface area contributed by atoms with Crippen molar-refractivity contribution in [2.24, 2.45) is 7.05 Å². The largest absolute Gasteiger partial charge is 0.378 e. The average molecular weight is 254 g/mol. The van der Waals surface area contributed by atoms with Gasteiger partial charge >= 0.3 is 5.69 Å². The predicted molar refractivity (Wildman–Crippen MR) is 61.3 cm³/mol. The Morgan fingerprint density at radius 1 is 1.44 bits per heavy atom. The number of hydrogen-bond donors (Lipinski definition) is 0. The number of rotatable bonds is 2. The third-order valence-corrected chi connectivity index (χ3v) is 2.87. The molecule has 2 heterocycles. The molecule has 0 N–H and O–H groups in total. The summed E-state index contributed by atoms with van der Waals surface area (Å²) in [5.74, 6) is -0.367. The molecule has 0 atom stereocenters. The Morgan fingerprint density at radius 3 is 2.61 bits per heavy atom. The molecule has 0 saturated carbocycles. The molecule has 1 aliphatic rings. The number of aromatic nitrogens is 2. The van der Waals surface area contributed by atoms with Crippen LogP contribution in [0.15, 0.2) is 0 Å². The van der Waals surface area contributed by atoms with E-state index in [1.165, 1.54) is 18.7 Å². The minimum atomic E-state index is -0.560. The lowest BCUT2D eigenvalue weighted by molar-refractivity contribution is -0.385. The zero-order valence-electron chi connectivity index (χ0n) is 10.3. The van der Waals surface area contributed by atoms with Crippen molar-refractivity contribution < 1.29 is 14.5 Å². The summed E-state index contributed by atoms with van der Waals surface area (Å²) in [7, 11) is 1.54. The van der Waals surface area contributed by atoms with Crippen LogP contribution in [0.25, 0.3) is 0 Å². The van der Waals surface area contributed by atoms with Gasteiger partial charge in [0, 0.05) is 20.1 Å². The van der Waals surface area contributed by atoms with Crippen molar-refractivity contribution >= 4 is 11.6 Å². The van der Waals surface area contributed by atoms with Gasteiger partial charge in [0.25, 0.3) is 5.91 Å². The first kappa shape index (κ1) is 12.5. The van der Waals surface area contributed by atoms with Crippen molar-refractivity contribution in [1.82, 2.24) is 14.7 Å². The number of morpholine rings is 1. The molecule has 18 heavy (non-hydrogen) atoms. The lowest BCUT2D eigenvalue weighted by atomic mass is 10.2. The second-order valence-corrected chi connectivity index (χ2v) is 4.07. The van der Waals surface area contributed by atoms with E-state index in [0.29, 0.717) is 26.3 Å². The van der Waals surface area contributed by atoms with E-state index in [4.69, 9.17) is 4.74 Å². The Balaban J connectivity index is 2.37. The molecular formula is C10H14N4O4. The summed E-state index contributed by atoms with van der Waals surface area (Å²) in [5, 5.41) is 14.9. The second kappa shape index (κ2) is 4.73. The number of nitro groups is 1. The molecular weight excluding hydrogens is 240 g/mol. The Morgan fingerprint density at radius 2 is 2.06 bits per heavy atom. The van der Waals surface area contributed by atoms with E-state index in [1.807, 2.05) is 0 Å². The van der Waals surface area contributed by atoms with Crippen LogP contribution in [0, 0.1) is 17.0 Å². The number of ether oxygens (including phenoxy) is 1. The Hall–Kier alpha value is -1.96. The predicted octanol–water partition coefficient (Wildman–Crippen LogP) is 0.109. The summed E-state index contributed by atoms with van der Waals surface area (Å²) in [6.45, 7) is 3.32. The quantitative estimate of drug-likeness (QED) is 0.552. The van der Waals surface area contributed by atoms with Crippen LogP contribution >= 0.6 is 0 Å². The molecule has 0 unspecified atom stereocenters. The summed E-state index contributed by atoms with van der Waals surface area (Å²) >= 11 is 0. The Kier molecular flexibility index (Phi) is 3.28. The van der Waals surface area contributed by atoms with Gasteiger partial charge < -0.3 is 9.64 Å². The maximum atomic E-state index is 12.3. The normalized spacial score (nSPS) is 15.8. The first-order chi connectivity index (χ1) is 8.52. The monoisotopic (exact) mass is 254 g/mol. The van der Waals surface area contributed by atoms with Crippen molar-refractivity contribution in [3.8, 4) is 0 Å². The van der Waals surface area contributed by atoms with Crippen LogP contribution in [0.1, 0.15) is 16.2 Å². The van der Waals surface area contributed by atoms with Gasteiger partial charge in [-0.25, -0.2) is 0 Å². The van der Waals surface area contributed by atoms with Crippen molar-refractivity contribution in [3.63, 3.8) is 0 Å². The number of carbonyl (C=O) groups is 1. The molecule has 0 aromatic carbocycles. The van der Waals surface area contributed by atoms with Gasteiger partial charge in [0.05, 0.1) is 18.1 Å². The summed E-state index contributed by atoms with van der Waals surface area (Å²) in [4.78, 5) is 24.3. The summed E-state index contributed by atoms with van der Waals surface area (Å²) in [5.41, 5.74) is 0.0625. The van der Waals surface area contributed by atoms with Gasteiger partial charge in [0.1, 0.15) is 5.69 Å². The highest BCUT2D eigenvalue weighted by Crippen LogP contribution is 2.23. The fourth-order valence-electron chi connectivity index (χ4n) is 2.02. The molecule has 98 valence electrons. The topological polar surface area (TPSA) is 90.5 Å². The first-order valence-electron chi connectivity index (χ1n) is 5.57. The van der Waals surface area contributed by atoms with Gasteiger partial charge in [-0.05, 0) is 6.92 Å². The van der Waals surface area contributed by atoms with Gasteiger partial charge in [-0.15, -0.1) is 0 Å². The molecule has 0 aliphatic carbocycles. The highest BCUT2D eigenvalue weighted by atomic mass is 16.6. The molecule has 8 nitrogen and oxygen atoms in total. The molecule has 1 aromatic heterocycles. The van der Waals surface area contributed by atoms with E-state index in [9.17, 15) is 14.9 Å². The smallest absolute Gasteiger partial charge is 0.322 e. The second-order valence-electron chi connectivity index (χ2n) is 4.07. The maximum Gasteiger partial charge on any atom is 0.322 e. The SMILES string of the molecule is Cc1nn(C)c(C(=O)N2CCOCC2)c1[N+](=O)[O-]. The van der Waals surface area contributed by atoms with Crippen LogP contribution in [0.2, 0.25) is 0 Å². The average Bonchev–Trinajstić information content (AvgIpc) is 2.64. The van der Waals surface area contributed by atoms with Gasteiger partial charge in [-0.3, -0.25) is 19.6 Å². The molecule has 0 radical (unpaired) electrons. The molecule has 1 aromatic rings.